The number of amides is 2. The number of ether oxygens (including phenoxy) is 1. The van der Waals surface area contributed by atoms with Crippen LogP contribution in [0.2, 0.25) is 0 Å². The first-order chi connectivity index (χ1) is 19.0. The van der Waals surface area contributed by atoms with Gasteiger partial charge in [-0.25, -0.2) is 8.42 Å². The van der Waals surface area contributed by atoms with E-state index < -0.39 is 28.5 Å². The van der Waals surface area contributed by atoms with Crippen LogP contribution in [0.3, 0.4) is 0 Å². The SMILES string of the molecule is CCC(C)NC(=O)C(C)N(Cc1ccccc1C)C(=O)CN(c1cc(C)ccc1OC)S(=O)(=O)c1ccccc1. The first-order valence-electron chi connectivity index (χ1n) is 13.4. The van der Waals surface area contributed by atoms with Crippen LogP contribution in [0.15, 0.2) is 77.7 Å². The lowest BCUT2D eigenvalue weighted by molar-refractivity contribution is -0.139. The van der Waals surface area contributed by atoms with E-state index in [4.69, 9.17) is 4.74 Å². The quantitative estimate of drug-likeness (QED) is 0.339. The van der Waals surface area contributed by atoms with E-state index in [1.165, 1.54) is 24.1 Å². The number of carbonyl (C=O) groups excluding carboxylic acids is 2. The van der Waals surface area contributed by atoms with Gasteiger partial charge < -0.3 is 15.0 Å². The van der Waals surface area contributed by atoms with Gasteiger partial charge in [0, 0.05) is 12.6 Å². The van der Waals surface area contributed by atoms with E-state index >= 15 is 0 Å². The number of anilines is 1. The van der Waals surface area contributed by atoms with Crippen LogP contribution in [0.5, 0.6) is 5.75 Å². The predicted octanol–water partition coefficient (Wildman–Crippen LogP) is 4.84. The van der Waals surface area contributed by atoms with Crippen LogP contribution in [0.25, 0.3) is 0 Å². The predicted molar refractivity (Wildman–Crippen MR) is 158 cm³/mol. The monoisotopic (exact) mass is 565 g/mol. The first kappa shape index (κ1) is 30.7. The molecule has 8 nitrogen and oxygen atoms in total. The third-order valence-corrected chi connectivity index (χ3v) is 8.76. The van der Waals surface area contributed by atoms with Crippen molar-refractivity contribution < 1.29 is 22.7 Å². The van der Waals surface area contributed by atoms with E-state index in [1.54, 1.807) is 37.3 Å². The van der Waals surface area contributed by atoms with Gasteiger partial charge in [-0.3, -0.25) is 13.9 Å². The molecule has 214 valence electrons. The molecule has 0 heterocycles. The number of nitrogens with one attached hydrogen (secondary N) is 1. The fourth-order valence-corrected chi connectivity index (χ4v) is 5.68. The Morgan fingerprint density at radius 3 is 2.23 bits per heavy atom. The first-order valence-corrected chi connectivity index (χ1v) is 14.8. The van der Waals surface area contributed by atoms with E-state index in [0.29, 0.717) is 5.75 Å². The number of aryl methyl sites for hydroxylation is 2. The van der Waals surface area contributed by atoms with Crippen LogP contribution in [-0.4, -0.2) is 50.9 Å². The zero-order valence-corrected chi connectivity index (χ0v) is 24.9. The molecule has 0 spiro atoms. The molecule has 0 saturated heterocycles. The van der Waals surface area contributed by atoms with E-state index in [-0.39, 0.29) is 29.1 Å². The van der Waals surface area contributed by atoms with E-state index in [1.807, 2.05) is 58.0 Å². The van der Waals surface area contributed by atoms with Crippen molar-refractivity contribution in [2.45, 2.75) is 64.6 Å². The molecule has 0 radical (unpaired) electrons. The summed E-state index contributed by atoms with van der Waals surface area (Å²) < 4.78 is 34.6. The molecule has 0 fully saturated rings. The number of methoxy groups -OCH3 is 1. The number of hydrogen-bond acceptors (Lipinski definition) is 5. The summed E-state index contributed by atoms with van der Waals surface area (Å²) in [6, 6.07) is 19.8. The molecule has 3 aromatic carbocycles. The van der Waals surface area contributed by atoms with Gasteiger partial charge in [-0.1, -0.05) is 55.5 Å². The zero-order chi connectivity index (χ0) is 29.4. The lowest BCUT2D eigenvalue weighted by Crippen LogP contribution is -2.52. The molecule has 0 aromatic heterocycles. The molecule has 2 atom stereocenters. The maximum absolute atomic E-state index is 14.1. The van der Waals surface area contributed by atoms with Crippen molar-refractivity contribution >= 4 is 27.5 Å². The van der Waals surface area contributed by atoms with E-state index in [9.17, 15) is 18.0 Å². The third kappa shape index (κ3) is 7.21. The Kier molecular flexibility index (Phi) is 10.3. The summed E-state index contributed by atoms with van der Waals surface area (Å²) in [5, 5.41) is 2.95. The number of benzene rings is 3. The summed E-state index contributed by atoms with van der Waals surface area (Å²) in [5.41, 5.74) is 2.87. The van der Waals surface area contributed by atoms with Crippen molar-refractivity contribution in [3.8, 4) is 5.75 Å². The number of hydrogen-bond donors (Lipinski definition) is 1. The highest BCUT2D eigenvalue weighted by Crippen LogP contribution is 2.33. The van der Waals surface area contributed by atoms with Gasteiger partial charge in [0.05, 0.1) is 17.7 Å². The molecule has 1 N–H and O–H groups in total. The normalized spacial score (nSPS) is 12.8. The minimum absolute atomic E-state index is 0.0411. The lowest BCUT2D eigenvalue weighted by atomic mass is 10.1. The minimum atomic E-state index is -4.18. The Bertz CT molecular complexity index is 1430. The Hall–Kier alpha value is -3.85. The largest absolute Gasteiger partial charge is 0.495 e. The number of carbonyl (C=O) groups is 2. The Morgan fingerprint density at radius 1 is 0.950 bits per heavy atom. The molecule has 0 aliphatic heterocycles. The Labute approximate surface area is 238 Å². The van der Waals surface area contributed by atoms with E-state index in [2.05, 4.69) is 5.32 Å². The maximum atomic E-state index is 14.1. The third-order valence-electron chi connectivity index (χ3n) is 6.98. The summed E-state index contributed by atoms with van der Waals surface area (Å²) in [7, 11) is -2.72. The second-order valence-corrected chi connectivity index (χ2v) is 11.8. The molecule has 3 rings (SSSR count). The Balaban J connectivity index is 2.09. The van der Waals surface area contributed by atoms with Crippen LogP contribution in [-0.2, 0) is 26.2 Å². The molecular formula is C31H39N3O5S. The number of nitrogens with zero attached hydrogens (tertiary/aromatic N) is 2. The van der Waals surface area contributed by atoms with Crippen molar-refractivity contribution in [3.63, 3.8) is 0 Å². The van der Waals surface area contributed by atoms with E-state index in [0.717, 1.165) is 27.4 Å². The molecular weight excluding hydrogens is 526 g/mol. The molecule has 9 heteroatoms. The van der Waals surface area contributed by atoms with Gasteiger partial charge >= 0.3 is 0 Å². The van der Waals surface area contributed by atoms with Crippen molar-refractivity contribution in [3.05, 3.63) is 89.5 Å². The summed E-state index contributed by atoms with van der Waals surface area (Å²) in [4.78, 5) is 28.8. The molecule has 0 saturated carbocycles. The highest BCUT2D eigenvalue weighted by molar-refractivity contribution is 7.92. The minimum Gasteiger partial charge on any atom is -0.495 e. The van der Waals surface area contributed by atoms with Crippen molar-refractivity contribution in [2.24, 2.45) is 0 Å². The van der Waals surface area contributed by atoms with Gasteiger partial charge in [0.2, 0.25) is 11.8 Å². The molecule has 2 amide bonds. The second-order valence-electron chi connectivity index (χ2n) is 9.94. The number of rotatable bonds is 12. The van der Waals surface area contributed by atoms with Crippen LogP contribution in [0.4, 0.5) is 5.69 Å². The van der Waals surface area contributed by atoms with Gasteiger partial charge in [0.1, 0.15) is 18.3 Å². The van der Waals surface area contributed by atoms with Gasteiger partial charge in [0.25, 0.3) is 10.0 Å². The fourth-order valence-electron chi connectivity index (χ4n) is 4.25. The molecule has 2 unspecified atom stereocenters. The highest BCUT2D eigenvalue weighted by Gasteiger charge is 2.34. The summed E-state index contributed by atoms with van der Waals surface area (Å²) in [5.74, 6) is -0.508. The maximum Gasteiger partial charge on any atom is 0.264 e. The smallest absolute Gasteiger partial charge is 0.264 e. The van der Waals surface area contributed by atoms with Crippen molar-refractivity contribution in [1.29, 1.82) is 0 Å². The average molecular weight is 566 g/mol. The highest BCUT2D eigenvalue weighted by atomic mass is 32.2. The molecule has 0 aliphatic rings. The van der Waals surface area contributed by atoms with Crippen LogP contribution >= 0.6 is 0 Å². The molecule has 40 heavy (non-hydrogen) atoms. The van der Waals surface area contributed by atoms with Crippen LogP contribution in [0, 0.1) is 13.8 Å². The van der Waals surface area contributed by atoms with Gasteiger partial charge in [0.15, 0.2) is 0 Å². The second kappa shape index (κ2) is 13.5. The van der Waals surface area contributed by atoms with Crippen molar-refractivity contribution in [2.75, 3.05) is 18.0 Å². The topological polar surface area (TPSA) is 96.0 Å². The van der Waals surface area contributed by atoms with Gasteiger partial charge in [-0.2, -0.15) is 0 Å². The summed E-state index contributed by atoms with van der Waals surface area (Å²) >= 11 is 0. The molecule has 0 bridgehead atoms. The van der Waals surface area contributed by atoms with Crippen LogP contribution < -0.4 is 14.4 Å². The zero-order valence-electron chi connectivity index (χ0n) is 24.0. The Morgan fingerprint density at radius 2 is 1.60 bits per heavy atom. The number of sulfonamides is 1. The fraction of sp³-hybridized carbons (Fsp3) is 0.355. The van der Waals surface area contributed by atoms with Crippen molar-refractivity contribution in [1.82, 2.24) is 10.2 Å². The average Bonchev–Trinajstić information content (AvgIpc) is 2.95. The van der Waals surface area contributed by atoms with Gasteiger partial charge in [-0.05, 0) is 75.1 Å². The summed E-state index contributed by atoms with van der Waals surface area (Å²) in [6.07, 6.45) is 0.737. The van der Waals surface area contributed by atoms with Crippen LogP contribution in [0.1, 0.15) is 43.9 Å². The molecule has 0 aliphatic carbocycles. The summed E-state index contributed by atoms with van der Waals surface area (Å²) in [6.45, 7) is 8.92. The van der Waals surface area contributed by atoms with Gasteiger partial charge in [-0.15, -0.1) is 0 Å². The molecule has 3 aromatic rings. The standard InChI is InChI=1S/C31H39N3O5S/c1-7-24(4)32-31(36)25(5)33(20-26-14-12-11-13-23(26)3)30(35)21-34(28-19-22(2)17-18-29(28)39-6)40(37,38)27-15-9-8-10-16-27/h8-19,24-25H,7,20-21H2,1-6H3,(H,32,36). The lowest BCUT2D eigenvalue weighted by Gasteiger charge is -2.33.